The molecule has 128 valence electrons. The molecule has 0 bridgehead atoms. The van der Waals surface area contributed by atoms with Crippen LogP contribution in [0.4, 0.5) is 5.69 Å². The minimum Gasteiger partial charge on any atom is -0.482 e. The van der Waals surface area contributed by atoms with E-state index in [-0.39, 0.29) is 31.5 Å². The Morgan fingerprint density at radius 3 is 2.92 bits per heavy atom. The highest BCUT2D eigenvalue weighted by molar-refractivity contribution is 9.10. The van der Waals surface area contributed by atoms with Gasteiger partial charge in [-0.25, -0.2) is 0 Å². The summed E-state index contributed by atoms with van der Waals surface area (Å²) in [6.07, 6.45) is 1.23. The van der Waals surface area contributed by atoms with E-state index in [9.17, 15) is 14.4 Å². The molecule has 1 N–H and O–H groups in total. The van der Waals surface area contributed by atoms with Gasteiger partial charge in [-0.3, -0.25) is 19.3 Å². The Bertz CT molecular complexity index is 693. The molecule has 2 heterocycles. The number of amides is 2. The van der Waals surface area contributed by atoms with Crippen LogP contribution < -0.4 is 9.64 Å². The molecule has 0 radical (unpaired) electrons. The van der Waals surface area contributed by atoms with Gasteiger partial charge in [-0.1, -0.05) is 15.9 Å². The molecule has 1 aromatic rings. The zero-order chi connectivity index (χ0) is 17.3. The molecule has 2 aliphatic rings. The summed E-state index contributed by atoms with van der Waals surface area (Å²) in [6, 6.07) is 5.25. The zero-order valence-electron chi connectivity index (χ0n) is 12.9. The van der Waals surface area contributed by atoms with Gasteiger partial charge in [0.2, 0.25) is 5.91 Å². The summed E-state index contributed by atoms with van der Waals surface area (Å²) in [4.78, 5) is 38.8. The van der Waals surface area contributed by atoms with Crippen LogP contribution in [-0.4, -0.2) is 54.0 Å². The summed E-state index contributed by atoms with van der Waals surface area (Å²) in [6.45, 7) is 0.492. The summed E-state index contributed by atoms with van der Waals surface area (Å²) in [5.74, 6) is -1.41. The van der Waals surface area contributed by atoms with Crippen LogP contribution in [0.15, 0.2) is 22.7 Å². The predicted octanol–water partition coefficient (Wildman–Crippen LogP) is 1.50. The van der Waals surface area contributed by atoms with Crippen molar-refractivity contribution in [1.29, 1.82) is 0 Å². The molecule has 0 spiro atoms. The molecule has 1 atom stereocenters. The third-order valence-electron chi connectivity index (χ3n) is 4.28. The lowest BCUT2D eigenvalue weighted by molar-refractivity contribution is -0.145. The van der Waals surface area contributed by atoms with E-state index in [4.69, 9.17) is 9.84 Å². The van der Waals surface area contributed by atoms with Crippen molar-refractivity contribution in [1.82, 2.24) is 4.90 Å². The minimum absolute atomic E-state index is 0.108. The van der Waals surface area contributed by atoms with Crippen molar-refractivity contribution in [3.05, 3.63) is 22.7 Å². The molecule has 1 aromatic carbocycles. The van der Waals surface area contributed by atoms with Gasteiger partial charge in [0.1, 0.15) is 12.3 Å². The Morgan fingerprint density at radius 1 is 1.38 bits per heavy atom. The maximum atomic E-state index is 12.5. The average molecular weight is 397 g/mol. The first kappa shape index (κ1) is 16.8. The molecule has 2 amide bonds. The van der Waals surface area contributed by atoms with Crippen molar-refractivity contribution in [3.8, 4) is 5.75 Å². The van der Waals surface area contributed by atoms with E-state index in [1.807, 2.05) is 0 Å². The Hall–Kier alpha value is -2.09. The fourth-order valence-corrected chi connectivity index (χ4v) is 3.33. The topological polar surface area (TPSA) is 87.2 Å². The molecule has 0 saturated carbocycles. The number of halogens is 1. The zero-order valence-corrected chi connectivity index (χ0v) is 14.5. The number of anilines is 1. The number of piperidine rings is 1. The molecule has 1 saturated heterocycles. The van der Waals surface area contributed by atoms with Crippen molar-refractivity contribution in [3.63, 3.8) is 0 Å². The Morgan fingerprint density at radius 2 is 2.17 bits per heavy atom. The number of carbonyl (C=O) groups excluding carboxylic acids is 2. The van der Waals surface area contributed by atoms with Crippen molar-refractivity contribution in [2.24, 2.45) is 5.92 Å². The predicted molar refractivity (Wildman–Crippen MR) is 88.9 cm³/mol. The van der Waals surface area contributed by atoms with Crippen LogP contribution in [0.1, 0.15) is 12.8 Å². The van der Waals surface area contributed by atoms with E-state index >= 15 is 0 Å². The minimum atomic E-state index is -0.884. The second-order valence-electron chi connectivity index (χ2n) is 5.90. The summed E-state index contributed by atoms with van der Waals surface area (Å²) >= 11 is 3.34. The van der Waals surface area contributed by atoms with Crippen molar-refractivity contribution >= 4 is 39.4 Å². The third kappa shape index (κ3) is 3.38. The lowest BCUT2D eigenvalue weighted by Crippen LogP contribution is -2.49. The largest absolute Gasteiger partial charge is 0.482 e. The molecule has 1 fully saturated rings. The second kappa shape index (κ2) is 6.80. The van der Waals surface area contributed by atoms with Crippen LogP contribution in [0.3, 0.4) is 0 Å². The van der Waals surface area contributed by atoms with Crippen LogP contribution >= 0.6 is 15.9 Å². The number of hydrogen-bond acceptors (Lipinski definition) is 4. The molecule has 0 aliphatic carbocycles. The fraction of sp³-hybridized carbons (Fsp3) is 0.438. The van der Waals surface area contributed by atoms with E-state index in [2.05, 4.69) is 15.9 Å². The summed E-state index contributed by atoms with van der Waals surface area (Å²) in [5, 5.41) is 9.13. The Labute approximate surface area is 147 Å². The highest BCUT2D eigenvalue weighted by Gasteiger charge is 2.32. The smallest absolute Gasteiger partial charge is 0.308 e. The van der Waals surface area contributed by atoms with Crippen LogP contribution in [0.5, 0.6) is 5.75 Å². The van der Waals surface area contributed by atoms with Crippen LogP contribution in [-0.2, 0) is 14.4 Å². The Balaban J connectivity index is 1.74. The van der Waals surface area contributed by atoms with Crippen molar-refractivity contribution < 1.29 is 24.2 Å². The normalized spacial score (nSPS) is 20.4. The first-order chi connectivity index (χ1) is 11.5. The molecule has 3 rings (SSSR count). The highest BCUT2D eigenvalue weighted by atomic mass is 79.9. The van der Waals surface area contributed by atoms with Crippen molar-refractivity contribution in [2.75, 3.05) is 31.1 Å². The first-order valence-corrected chi connectivity index (χ1v) is 8.48. The maximum absolute atomic E-state index is 12.5. The molecular formula is C16H17BrN2O5. The summed E-state index contributed by atoms with van der Waals surface area (Å²) < 4.78 is 6.22. The van der Waals surface area contributed by atoms with Gasteiger partial charge < -0.3 is 14.7 Å². The number of rotatable bonds is 3. The van der Waals surface area contributed by atoms with Gasteiger partial charge in [0.15, 0.2) is 6.61 Å². The number of benzene rings is 1. The van der Waals surface area contributed by atoms with E-state index < -0.39 is 11.9 Å². The lowest BCUT2D eigenvalue weighted by Gasteiger charge is -2.34. The SMILES string of the molecule is O=C(O)[C@H]1CCCN(C(=O)CN2C(=O)COc3cc(Br)ccc32)C1. The van der Waals surface area contributed by atoms with E-state index in [0.29, 0.717) is 30.8 Å². The number of carboxylic acids is 1. The molecule has 0 unspecified atom stereocenters. The van der Waals surface area contributed by atoms with Gasteiger partial charge in [0, 0.05) is 17.6 Å². The van der Waals surface area contributed by atoms with Gasteiger partial charge in [0.25, 0.3) is 5.91 Å². The number of carbonyl (C=O) groups is 3. The quantitative estimate of drug-likeness (QED) is 0.836. The number of carboxylic acid groups (broad SMARTS) is 1. The second-order valence-corrected chi connectivity index (χ2v) is 6.81. The number of hydrogen-bond donors (Lipinski definition) is 1. The molecule has 8 heteroatoms. The summed E-state index contributed by atoms with van der Waals surface area (Å²) in [7, 11) is 0. The fourth-order valence-electron chi connectivity index (χ4n) is 2.99. The van der Waals surface area contributed by atoms with Gasteiger partial charge in [-0.15, -0.1) is 0 Å². The molecule has 7 nitrogen and oxygen atoms in total. The number of ether oxygens (including phenoxy) is 1. The van der Waals surface area contributed by atoms with Gasteiger partial charge in [0.05, 0.1) is 11.6 Å². The number of fused-ring (bicyclic) bond motifs is 1. The van der Waals surface area contributed by atoms with Gasteiger partial charge in [-0.05, 0) is 31.0 Å². The maximum Gasteiger partial charge on any atom is 0.308 e. The van der Waals surface area contributed by atoms with E-state index in [1.54, 1.807) is 18.2 Å². The summed E-state index contributed by atoms with van der Waals surface area (Å²) in [5.41, 5.74) is 0.551. The third-order valence-corrected chi connectivity index (χ3v) is 4.77. The number of nitrogens with zero attached hydrogens (tertiary/aromatic N) is 2. The number of aliphatic carboxylic acids is 1. The molecule has 24 heavy (non-hydrogen) atoms. The molecule has 2 aliphatic heterocycles. The van der Waals surface area contributed by atoms with E-state index in [1.165, 1.54) is 9.80 Å². The molecular weight excluding hydrogens is 380 g/mol. The average Bonchev–Trinajstić information content (AvgIpc) is 2.57. The molecule has 0 aromatic heterocycles. The van der Waals surface area contributed by atoms with Crippen LogP contribution in [0, 0.1) is 5.92 Å². The van der Waals surface area contributed by atoms with E-state index in [0.717, 1.165) is 4.47 Å². The standard InChI is InChI=1S/C16H17BrN2O5/c17-11-3-4-12-13(6-11)24-9-15(21)19(12)8-14(20)18-5-1-2-10(7-18)16(22)23/h3-4,6,10H,1-2,5,7-9H2,(H,22,23)/t10-/m0/s1. The van der Waals surface area contributed by atoms with Crippen molar-refractivity contribution in [2.45, 2.75) is 12.8 Å². The highest BCUT2D eigenvalue weighted by Crippen LogP contribution is 2.34. The van der Waals surface area contributed by atoms with Crippen LogP contribution in [0.25, 0.3) is 0 Å². The lowest BCUT2D eigenvalue weighted by atomic mass is 9.98. The Kier molecular flexibility index (Phi) is 4.75. The van der Waals surface area contributed by atoms with Gasteiger partial charge in [-0.2, -0.15) is 0 Å². The first-order valence-electron chi connectivity index (χ1n) is 7.69. The van der Waals surface area contributed by atoms with Gasteiger partial charge >= 0.3 is 5.97 Å². The number of likely N-dealkylation sites (tertiary alicyclic amines) is 1. The van der Waals surface area contributed by atoms with Crippen LogP contribution in [0.2, 0.25) is 0 Å². The monoisotopic (exact) mass is 396 g/mol.